The third-order valence-electron chi connectivity index (χ3n) is 5.29. The maximum absolute atomic E-state index is 12.7. The summed E-state index contributed by atoms with van der Waals surface area (Å²) in [6.07, 6.45) is 3.78. The van der Waals surface area contributed by atoms with Gasteiger partial charge in [-0.25, -0.2) is 14.8 Å². The van der Waals surface area contributed by atoms with Crippen molar-refractivity contribution in [3.8, 4) is 0 Å². The molecule has 1 fully saturated rings. The van der Waals surface area contributed by atoms with Crippen LogP contribution in [0.3, 0.4) is 0 Å². The van der Waals surface area contributed by atoms with Crippen molar-refractivity contribution in [1.29, 1.82) is 0 Å². The average molecular weight is 407 g/mol. The zero-order valence-corrected chi connectivity index (χ0v) is 17.1. The summed E-state index contributed by atoms with van der Waals surface area (Å²) in [4.78, 5) is 41.5. The van der Waals surface area contributed by atoms with E-state index in [2.05, 4.69) is 25.6 Å². The van der Waals surface area contributed by atoms with Crippen LogP contribution in [0.2, 0.25) is 0 Å². The number of likely N-dealkylation sites (N-methyl/N-ethyl adjacent to an activating group) is 2. The lowest BCUT2D eigenvalue weighted by Crippen LogP contribution is -2.65. The van der Waals surface area contributed by atoms with Crippen molar-refractivity contribution in [1.82, 2.24) is 25.1 Å². The topological polar surface area (TPSA) is 103 Å². The number of anilines is 1. The number of pyridine rings is 2. The van der Waals surface area contributed by atoms with E-state index in [9.17, 15) is 9.59 Å². The van der Waals surface area contributed by atoms with Crippen molar-refractivity contribution in [3.05, 3.63) is 54.0 Å². The van der Waals surface area contributed by atoms with Gasteiger partial charge in [-0.2, -0.15) is 0 Å². The molecule has 2 unspecified atom stereocenters. The average Bonchev–Trinajstić information content (AvgIpc) is 3.21. The molecule has 2 aromatic heterocycles. The quantitative estimate of drug-likeness (QED) is 0.721. The number of carbonyl (C=O) groups is 2. The minimum absolute atomic E-state index is 0.239. The lowest BCUT2D eigenvalue weighted by molar-refractivity contribution is -0.134. The van der Waals surface area contributed by atoms with Gasteiger partial charge in [0, 0.05) is 49.7 Å². The SMILES string of the molecule is CCN1C(=O)C2NC(c3ccc(NCCc4ccccn4)nc3)=NC2N(CC)C1=O. The van der Waals surface area contributed by atoms with Crippen molar-refractivity contribution in [2.24, 2.45) is 4.99 Å². The first kappa shape index (κ1) is 19.8. The van der Waals surface area contributed by atoms with E-state index in [0.717, 1.165) is 30.0 Å². The Morgan fingerprint density at radius 1 is 1.10 bits per heavy atom. The van der Waals surface area contributed by atoms with Gasteiger partial charge >= 0.3 is 6.03 Å². The fourth-order valence-corrected chi connectivity index (χ4v) is 3.71. The van der Waals surface area contributed by atoms with E-state index in [1.807, 2.05) is 37.3 Å². The summed E-state index contributed by atoms with van der Waals surface area (Å²) in [5, 5.41) is 6.47. The van der Waals surface area contributed by atoms with Gasteiger partial charge in [0.1, 0.15) is 17.7 Å². The second-order valence-corrected chi connectivity index (χ2v) is 7.09. The molecule has 3 amide bonds. The number of rotatable bonds is 7. The molecule has 2 atom stereocenters. The number of hydrogen-bond donors (Lipinski definition) is 2. The second-order valence-electron chi connectivity index (χ2n) is 7.09. The molecule has 9 heteroatoms. The number of aliphatic imine (C=N–C) groups is 1. The van der Waals surface area contributed by atoms with E-state index >= 15 is 0 Å². The van der Waals surface area contributed by atoms with Crippen LogP contribution in [0.5, 0.6) is 0 Å². The lowest BCUT2D eigenvalue weighted by Gasteiger charge is -2.39. The van der Waals surface area contributed by atoms with Gasteiger partial charge in [-0.1, -0.05) is 6.07 Å². The number of amidine groups is 1. The van der Waals surface area contributed by atoms with Crippen LogP contribution in [0.4, 0.5) is 10.6 Å². The Hall–Kier alpha value is -3.49. The van der Waals surface area contributed by atoms with Crippen molar-refractivity contribution in [2.75, 3.05) is 25.0 Å². The Kier molecular flexibility index (Phi) is 5.60. The highest BCUT2D eigenvalue weighted by Gasteiger charge is 2.48. The fourth-order valence-electron chi connectivity index (χ4n) is 3.71. The van der Waals surface area contributed by atoms with Gasteiger partial charge in [0.25, 0.3) is 5.91 Å². The van der Waals surface area contributed by atoms with Crippen LogP contribution in [-0.2, 0) is 11.2 Å². The van der Waals surface area contributed by atoms with E-state index in [4.69, 9.17) is 0 Å². The molecule has 156 valence electrons. The molecule has 4 rings (SSSR count). The number of nitrogens with zero attached hydrogens (tertiary/aromatic N) is 5. The van der Waals surface area contributed by atoms with Crippen LogP contribution in [0.1, 0.15) is 25.1 Å². The van der Waals surface area contributed by atoms with Gasteiger partial charge in [-0.3, -0.25) is 19.6 Å². The van der Waals surface area contributed by atoms with Gasteiger partial charge < -0.3 is 10.6 Å². The zero-order chi connectivity index (χ0) is 21.1. The predicted molar refractivity (Wildman–Crippen MR) is 113 cm³/mol. The first-order valence-corrected chi connectivity index (χ1v) is 10.2. The Labute approximate surface area is 175 Å². The molecular formula is C21H25N7O2. The number of fused-ring (bicyclic) bond motifs is 1. The van der Waals surface area contributed by atoms with Crippen molar-refractivity contribution >= 4 is 23.6 Å². The molecule has 0 radical (unpaired) electrons. The fraction of sp³-hybridized carbons (Fsp3) is 0.381. The van der Waals surface area contributed by atoms with E-state index in [-0.39, 0.29) is 11.9 Å². The molecule has 1 saturated heterocycles. The Morgan fingerprint density at radius 2 is 1.97 bits per heavy atom. The molecular weight excluding hydrogens is 382 g/mol. The first-order valence-electron chi connectivity index (χ1n) is 10.2. The molecule has 0 aliphatic carbocycles. The van der Waals surface area contributed by atoms with E-state index in [1.54, 1.807) is 24.2 Å². The van der Waals surface area contributed by atoms with Crippen molar-refractivity contribution in [3.63, 3.8) is 0 Å². The number of carbonyl (C=O) groups excluding carboxylic acids is 2. The maximum atomic E-state index is 12.7. The molecule has 0 saturated carbocycles. The van der Waals surface area contributed by atoms with E-state index in [1.165, 1.54) is 4.90 Å². The minimum atomic E-state index is -0.561. The number of hydrogen-bond acceptors (Lipinski definition) is 7. The molecule has 0 bridgehead atoms. The van der Waals surface area contributed by atoms with Gasteiger partial charge in [0.2, 0.25) is 0 Å². The summed E-state index contributed by atoms with van der Waals surface area (Å²) in [6.45, 7) is 5.24. The van der Waals surface area contributed by atoms with Crippen LogP contribution in [0.15, 0.2) is 47.7 Å². The molecule has 2 aromatic rings. The number of imide groups is 1. The first-order chi connectivity index (χ1) is 14.6. The van der Waals surface area contributed by atoms with Crippen LogP contribution < -0.4 is 10.6 Å². The van der Waals surface area contributed by atoms with Crippen LogP contribution in [0.25, 0.3) is 0 Å². The molecule has 2 aliphatic heterocycles. The standard InChI is InChI=1S/C21H25N7O2/c1-3-27-19-17(20(29)28(4-2)21(27)30)25-18(26-19)14-8-9-16(24-13-14)23-12-10-15-7-5-6-11-22-15/h5-9,11,13,17,19H,3-4,10,12H2,1-2H3,(H,23,24)(H,25,26). The van der Waals surface area contributed by atoms with Gasteiger partial charge in [-0.05, 0) is 38.1 Å². The highest BCUT2D eigenvalue weighted by Crippen LogP contribution is 2.24. The molecule has 4 heterocycles. The predicted octanol–water partition coefficient (Wildman–Crippen LogP) is 1.48. The third kappa shape index (κ3) is 3.70. The van der Waals surface area contributed by atoms with Crippen molar-refractivity contribution < 1.29 is 9.59 Å². The van der Waals surface area contributed by atoms with Gasteiger partial charge in [-0.15, -0.1) is 0 Å². The highest BCUT2D eigenvalue weighted by molar-refractivity contribution is 6.08. The summed E-state index contributed by atoms with van der Waals surface area (Å²) in [5.41, 5.74) is 1.80. The van der Waals surface area contributed by atoms with Crippen LogP contribution >= 0.6 is 0 Å². The number of nitrogens with one attached hydrogen (secondary N) is 2. The van der Waals surface area contributed by atoms with E-state index in [0.29, 0.717) is 18.9 Å². The number of amides is 3. The second kappa shape index (κ2) is 8.48. The van der Waals surface area contributed by atoms with Gasteiger partial charge in [0.15, 0.2) is 6.17 Å². The summed E-state index contributed by atoms with van der Waals surface area (Å²) in [6, 6.07) is 8.79. The Balaban J connectivity index is 1.43. The molecule has 0 spiro atoms. The summed E-state index contributed by atoms with van der Waals surface area (Å²) in [7, 11) is 0. The largest absolute Gasteiger partial charge is 0.370 e. The third-order valence-corrected chi connectivity index (χ3v) is 5.29. The summed E-state index contributed by atoms with van der Waals surface area (Å²) in [5.74, 6) is 1.09. The lowest BCUT2D eigenvalue weighted by atomic mass is 10.1. The zero-order valence-electron chi connectivity index (χ0n) is 17.1. The van der Waals surface area contributed by atoms with Gasteiger partial charge in [0.05, 0.1) is 0 Å². The number of aromatic nitrogens is 2. The normalized spacial score (nSPS) is 20.7. The van der Waals surface area contributed by atoms with Crippen LogP contribution in [0, 0.1) is 0 Å². The molecule has 2 aliphatic rings. The maximum Gasteiger partial charge on any atom is 0.328 e. The van der Waals surface area contributed by atoms with Crippen LogP contribution in [-0.4, -0.2) is 69.4 Å². The van der Waals surface area contributed by atoms with E-state index < -0.39 is 12.2 Å². The highest BCUT2D eigenvalue weighted by atomic mass is 16.2. The smallest absolute Gasteiger partial charge is 0.328 e. The Bertz CT molecular complexity index is 946. The number of urea groups is 1. The molecule has 9 nitrogen and oxygen atoms in total. The summed E-state index contributed by atoms with van der Waals surface area (Å²) < 4.78 is 0. The summed E-state index contributed by atoms with van der Waals surface area (Å²) >= 11 is 0. The molecule has 30 heavy (non-hydrogen) atoms. The monoisotopic (exact) mass is 407 g/mol. The van der Waals surface area contributed by atoms with Crippen molar-refractivity contribution in [2.45, 2.75) is 32.5 Å². The Morgan fingerprint density at radius 3 is 2.63 bits per heavy atom. The molecule has 0 aromatic carbocycles. The molecule has 2 N–H and O–H groups in total. The minimum Gasteiger partial charge on any atom is -0.370 e.